The van der Waals surface area contributed by atoms with Gasteiger partial charge in [-0.05, 0) is 36.5 Å². The van der Waals surface area contributed by atoms with Crippen molar-refractivity contribution in [3.63, 3.8) is 0 Å². The highest BCUT2D eigenvalue weighted by molar-refractivity contribution is 5.88. The number of rotatable bonds is 8. The van der Waals surface area contributed by atoms with E-state index in [0.717, 1.165) is 32.2 Å². The number of hydrogen-bond donors (Lipinski definition) is 4. The Bertz CT molecular complexity index is 580. The van der Waals surface area contributed by atoms with Crippen LogP contribution in [0.25, 0.3) is 0 Å². The van der Waals surface area contributed by atoms with Crippen LogP contribution in [0, 0.1) is 10.8 Å². The van der Waals surface area contributed by atoms with Crippen LogP contribution in [0.15, 0.2) is 0 Å². The molecule has 4 N–H and O–H groups in total. The van der Waals surface area contributed by atoms with Crippen LogP contribution >= 0.6 is 0 Å². The molecule has 2 bridgehead atoms. The number of amides is 3. The Hall–Kier alpha value is -1.67. The van der Waals surface area contributed by atoms with E-state index in [-0.39, 0.29) is 41.8 Å². The summed E-state index contributed by atoms with van der Waals surface area (Å²) in [4.78, 5) is 38.2. The number of fused-ring (bicyclic) bond motifs is 2. The second-order valence-electron chi connectivity index (χ2n) is 9.21. The summed E-state index contributed by atoms with van der Waals surface area (Å²) < 4.78 is 0. The molecule has 3 atom stereocenters. The molecule has 3 unspecified atom stereocenters. The van der Waals surface area contributed by atoms with Crippen molar-refractivity contribution in [3.05, 3.63) is 0 Å². The first kappa shape index (κ1) is 21.6. The fourth-order valence-electron chi connectivity index (χ4n) is 5.01. The maximum atomic E-state index is 12.7. The van der Waals surface area contributed by atoms with Gasteiger partial charge in [-0.3, -0.25) is 24.9 Å². The SMILES string of the molecule is CCCC(NCC(=O)NO)C(=O)NCC(=O)N1CC2(C)CC1CC(C)(C)C2. The Labute approximate surface area is 161 Å². The second-order valence-corrected chi connectivity index (χ2v) is 9.21. The lowest BCUT2D eigenvalue weighted by atomic mass is 9.65. The topological polar surface area (TPSA) is 111 Å². The summed E-state index contributed by atoms with van der Waals surface area (Å²) in [7, 11) is 0. The number of nitrogens with zero attached hydrogens (tertiary/aromatic N) is 1. The molecule has 27 heavy (non-hydrogen) atoms. The molecule has 0 aromatic carbocycles. The zero-order chi connectivity index (χ0) is 20.2. The highest BCUT2D eigenvalue weighted by Gasteiger charge is 2.50. The number of carbonyl (C=O) groups excluding carboxylic acids is 3. The van der Waals surface area contributed by atoms with Gasteiger partial charge in [0.2, 0.25) is 11.8 Å². The lowest BCUT2D eigenvalue weighted by Gasteiger charge is -2.39. The quantitative estimate of drug-likeness (QED) is 0.366. The Kier molecular flexibility index (Phi) is 6.86. The molecule has 0 aromatic rings. The van der Waals surface area contributed by atoms with E-state index >= 15 is 0 Å². The first-order valence-corrected chi connectivity index (χ1v) is 9.83. The fraction of sp³-hybridized carbons (Fsp3) is 0.842. The van der Waals surface area contributed by atoms with Gasteiger partial charge >= 0.3 is 0 Å². The Morgan fingerprint density at radius 2 is 1.89 bits per heavy atom. The monoisotopic (exact) mass is 382 g/mol. The summed E-state index contributed by atoms with van der Waals surface area (Å²) in [5.41, 5.74) is 1.92. The molecule has 0 aromatic heterocycles. The van der Waals surface area contributed by atoms with Gasteiger partial charge in [0.05, 0.1) is 19.1 Å². The molecule has 8 nitrogen and oxygen atoms in total. The number of nitrogens with one attached hydrogen (secondary N) is 3. The molecule has 1 saturated carbocycles. The van der Waals surface area contributed by atoms with Crippen molar-refractivity contribution in [2.75, 3.05) is 19.6 Å². The van der Waals surface area contributed by atoms with E-state index in [1.54, 1.807) is 0 Å². The first-order valence-electron chi connectivity index (χ1n) is 9.83. The molecule has 0 radical (unpaired) electrons. The van der Waals surface area contributed by atoms with E-state index < -0.39 is 11.9 Å². The maximum Gasteiger partial charge on any atom is 0.257 e. The minimum atomic E-state index is -0.611. The van der Waals surface area contributed by atoms with Gasteiger partial charge < -0.3 is 10.2 Å². The molecule has 154 valence electrons. The predicted molar refractivity (Wildman–Crippen MR) is 101 cm³/mol. The summed E-state index contributed by atoms with van der Waals surface area (Å²) in [5.74, 6) is -0.956. The molecule has 1 aliphatic carbocycles. The minimum absolute atomic E-state index is 0.0278. The third-order valence-electron chi connectivity index (χ3n) is 5.68. The zero-order valence-electron chi connectivity index (χ0n) is 16.9. The van der Waals surface area contributed by atoms with E-state index in [0.29, 0.717) is 6.42 Å². The van der Waals surface area contributed by atoms with Gasteiger partial charge in [0, 0.05) is 12.6 Å². The average molecular weight is 383 g/mol. The van der Waals surface area contributed by atoms with Gasteiger partial charge in [0.25, 0.3) is 5.91 Å². The lowest BCUT2D eigenvalue weighted by Crippen LogP contribution is -2.50. The number of likely N-dealkylation sites (tertiary alicyclic amines) is 1. The second kappa shape index (κ2) is 8.56. The lowest BCUT2D eigenvalue weighted by molar-refractivity contribution is -0.134. The average Bonchev–Trinajstić information content (AvgIpc) is 2.84. The molecule has 0 spiro atoms. The fourth-order valence-corrected chi connectivity index (χ4v) is 5.01. The van der Waals surface area contributed by atoms with Crippen LogP contribution in [0.4, 0.5) is 0 Å². The van der Waals surface area contributed by atoms with Crippen LogP contribution in [0.3, 0.4) is 0 Å². The van der Waals surface area contributed by atoms with E-state index in [9.17, 15) is 14.4 Å². The molecule has 2 aliphatic rings. The van der Waals surface area contributed by atoms with Crippen LogP contribution in [-0.4, -0.2) is 59.5 Å². The van der Waals surface area contributed by atoms with Crippen molar-refractivity contribution in [1.29, 1.82) is 0 Å². The van der Waals surface area contributed by atoms with Gasteiger partial charge in [-0.2, -0.15) is 0 Å². The van der Waals surface area contributed by atoms with E-state index in [2.05, 4.69) is 31.4 Å². The molecule has 2 rings (SSSR count). The Morgan fingerprint density at radius 1 is 1.19 bits per heavy atom. The van der Waals surface area contributed by atoms with Crippen molar-refractivity contribution < 1.29 is 19.6 Å². The summed E-state index contributed by atoms with van der Waals surface area (Å²) in [6, 6.07) is -0.324. The number of carbonyl (C=O) groups is 3. The van der Waals surface area contributed by atoms with Crippen LogP contribution in [0.1, 0.15) is 59.8 Å². The van der Waals surface area contributed by atoms with Gasteiger partial charge in [-0.1, -0.05) is 34.1 Å². The van der Waals surface area contributed by atoms with Crippen molar-refractivity contribution >= 4 is 17.7 Å². The van der Waals surface area contributed by atoms with Crippen LogP contribution in [-0.2, 0) is 14.4 Å². The zero-order valence-corrected chi connectivity index (χ0v) is 16.9. The van der Waals surface area contributed by atoms with Crippen molar-refractivity contribution in [3.8, 4) is 0 Å². The van der Waals surface area contributed by atoms with E-state index in [4.69, 9.17) is 5.21 Å². The van der Waals surface area contributed by atoms with Gasteiger partial charge in [-0.25, -0.2) is 5.48 Å². The molecular formula is C19H34N4O4. The maximum absolute atomic E-state index is 12.7. The first-order chi connectivity index (χ1) is 12.6. The standard InChI is InChI=1S/C19H34N4O4/c1-5-6-14(20-9-15(24)22-27)17(26)21-10-16(25)23-12-19(4)8-13(23)7-18(2,3)11-19/h13-14,20,27H,5-12H2,1-4H3,(H,21,26)(H,22,24). The Morgan fingerprint density at radius 3 is 2.52 bits per heavy atom. The molecular weight excluding hydrogens is 348 g/mol. The minimum Gasteiger partial charge on any atom is -0.346 e. The summed E-state index contributed by atoms with van der Waals surface area (Å²) in [5, 5.41) is 14.1. The smallest absolute Gasteiger partial charge is 0.257 e. The van der Waals surface area contributed by atoms with E-state index in [1.807, 2.05) is 11.8 Å². The highest BCUT2D eigenvalue weighted by Crippen LogP contribution is 2.52. The third kappa shape index (κ3) is 5.65. The van der Waals surface area contributed by atoms with Crippen molar-refractivity contribution in [2.45, 2.75) is 71.9 Å². The van der Waals surface area contributed by atoms with Gasteiger partial charge in [0.1, 0.15) is 0 Å². The third-order valence-corrected chi connectivity index (χ3v) is 5.68. The van der Waals surface area contributed by atoms with Crippen LogP contribution in [0.5, 0.6) is 0 Å². The molecule has 1 saturated heterocycles. The summed E-state index contributed by atoms with van der Waals surface area (Å²) in [6.07, 6.45) is 4.44. The number of hydroxylamine groups is 1. The highest BCUT2D eigenvalue weighted by atomic mass is 16.5. The molecule has 2 fully saturated rings. The van der Waals surface area contributed by atoms with Crippen molar-refractivity contribution in [1.82, 2.24) is 21.0 Å². The molecule has 1 aliphatic heterocycles. The van der Waals surface area contributed by atoms with Gasteiger partial charge in [0.15, 0.2) is 0 Å². The summed E-state index contributed by atoms with van der Waals surface area (Å²) in [6.45, 7) is 9.27. The summed E-state index contributed by atoms with van der Waals surface area (Å²) >= 11 is 0. The number of hydrogen-bond acceptors (Lipinski definition) is 5. The van der Waals surface area contributed by atoms with E-state index in [1.165, 1.54) is 5.48 Å². The van der Waals surface area contributed by atoms with Gasteiger partial charge in [-0.15, -0.1) is 0 Å². The largest absolute Gasteiger partial charge is 0.346 e. The van der Waals surface area contributed by atoms with Crippen LogP contribution < -0.4 is 16.1 Å². The molecule has 8 heteroatoms. The molecule has 3 amide bonds. The van der Waals surface area contributed by atoms with Crippen LogP contribution in [0.2, 0.25) is 0 Å². The predicted octanol–water partition coefficient (Wildman–Crippen LogP) is 0.794. The normalized spacial score (nSPS) is 27.1. The molecule has 1 heterocycles. The Balaban J connectivity index is 1.88. The van der Waals surface area contributed by atoms with Crippen molar-refractivity contribution in [2.24, 2.45) is 10.8 Å².